The van der Waals surface area contributed by atoms with Gasteiger partial charge in [-0.1, -0.05) is 6.92 Å². The number of ether oxygens (including phenoxy) is 1. The van der Waals surface area contributed by atoms with Gasteiger partial charge in [-0.25, -0.2) is 4.98 Å². The van der Waals surface area contributed by atoms with E-state index in [0.29, 0.717) is 6.54 Å². The maximum absolute atomic E-state index is 12.4. The molecule has 0 fully saturated rings. The van der Waals surface area contributed by atoms with Crippen LogP contribution < -0.4 is 0 Å². The molecule has 0 unspecified atom stereocenters. The van der Waals surface area contributed by atoms with Gasteiger partial charge in [0.2, 0.25) is 5.91 Å². The van der Waals surface area contributed by atoms with E-state index in [9.17, 15) is 9.59 Å². The Morgan fingerprint density at radius 2 is 2.24 bits per heavy atom. The molecule has 0 aliphatic rings. The second-order valence-corrected chi connectivity index (χ2v) is 5.67. The molecule has 0 saturated carbocycles. The summed E-state index contributed by atoms with van der Waals surface area (Å²) in [6.07, 6.45) is 2.97. The third-order valence-corrected chi connectivity index (χ3v) is 4.02. The van der Waals surface area contributed by atoms with Gasteiger partial charge in [-0.15, -0.1) is 11.3 Å². The highest BCUT2D eigenvalue weighted by Gasteiger charge is 2.19. The Bertz CT molecular complexity index is 647. The van der Waals surface area contributed by atoms with Gasteiger partial charge in [0.25, 0.3) is 0 Å². The minimum Gasteiger partial charge on any atom is -0.468 e. The SMILES string of the molecule is CCCN(CC(=O)OC)C(=O)Cc1csc2nc(C)cn12. The van der Waals surface area contributed by atoms with Gasteiger partial charge in [0.05, 0.1) is 19.2 Å². The predicted molar refractivity (Wildman–Crippen MR) is 80.4 cm³/mol. The molecule has 0 aliphatic heterocycles. The number of carbonyl (C=O) groups excluding carboxylic acids is 2. The van der Waals surface area contributed by atoms with Crippen LogP contribution in [0.15, 0.2) is 11.6 Å². The van der Waals surface area contributed by atoms with Crippen molar-refractivity contribution in [2.75, 3.05) is 20.2 Å². The maximum atomic E-state index is 12.4. The summed E-state index contributed by atoms with van der Waals surface area (Å²) < 4.78 is 6.57. The van der Waals surface area contributed by atoms with E-state index in [4.69, 9.17) is 0 Å². The molecule has 0 saturated heterocycles. The molecule has 2 aromatic heterocycles. The van der Waals surface area contributed by atoms with E-state index in [1.807, 2.05) is 29.8 Å². The van der Waals surface area contributed by atoms with Gasteiger partial charge in [0, 0.05) is 23.8 Å². The largest absolute Gasteiger partial charge is 0.468 e. The topological polar surface area (TPSA) is 63.9 Å². The van der Waals surface area contributed by atoms with Crippen molar-refractivity contribution >= 4 is 28.2 Å². The summed E-state index contributed by atoms with van der Waals surface area (Å²) in [4.78, 5) is 30.6. The molecular weight excluding hydrogens is 290 g/mol. The monoisotopic (exact) mass is 309 g/mol. The summed E-state index contributed by atoms with van der Waals surface area (Å²) >= 11 is 1.51. The molecule has 0 aromatic carbocycles. The zero-order valence-electron chi connectivity index (χ0n) is 12.5. The molecule has 0 spiro atoms. The van der Waals surface area contributed by atoms with Gasteiger partial charge >= 0.3 is 5.97 Å². The van der Waals surface area contributed by atoms with Crippen LogP contribution in [-0.2, 0) is 20.7 Å². The first-order chi connectivity index (χ1) is 10.0. The zero-order chi connectivity index (χ0) is 15.4. The summed E-state index contributed by atoms with van der Waals surface area (Å²) in [5.74, 6) is -0.473. The Labute approximate surface area is 127 Å². The van der Waals surface area contributed by atoms with E-state index >= 15 is 0 Å². The molecule has 0 radical (unpaired) electrons. The summed E-state index contributed by atoms with van der Waals surface area (Å²) in [7, 11) is 1.33. The number of esters is 1. The number of aromatic nitrogens is 2. The number of hydrogen-bond acceptors (Lipinski definition) is 5. The van der Waals surface area contributed by atoms with Gasteiger partial charge < -0.3 is 9.64 Å². The summed E-state index contributed by atoms with van der Waals surface area (Å²) in [6, 6.07) is 0. The number of imidazole rings is 1. The summed E-state index contributed by atoms with van der Waals surface area (Å²) in [6.45, 7) is 4.44. The molecule has 7 heteroatoms. The van der Waals surface area contributed by atoms with Crippen LogP contribution in [0.4, 0.5) is 0 Å². The minimum atomic E-state index is -0.397. The molecule has 0 aliphatic carbocycles. The highest BCUT2D eigenvalue weighted by atomic mass is 32.1. The molecule has 2 heterocycles. The molecule has 114 valence electrons. The van der Waals surface area contributed by atoms with Crippen molar-refractivity contribution in [3.8, 4) is 0 Å². The molecule has 21 heavy (non-hydrogen) atoms. The van der Waals surface area contributed by atoms with Gasteiger partial charge in [0.15, 0.2) is 4.96 Å². The molecule has 0 N–H and O–H groups in total. The average Bonchev–Trinajstić information content (AvgIpc) is 2.98. The summed E-state index contributed by atoms with van der Waals surface area (Å²) in [5.41, 5.74) is 1.82. The van der Waals surface area contributed by atoms with Gasteiger partial charge in [-0.2, -0.15) is 0 Å². The molecule has 0 bridgehead atoms. The summed E-state index contributed by atoms with van der Waals surface area (Å²) in [5, 5.41) is 1.93. The quantitative estimate of drug-likeness (QED) is 0.761. The van der Waals surface area contributed by atoms with Crippen LogP contribution in [-0.4, -0.2) is 46.4 Å². The van der Waals surface area contributed by atoms with Crippen molar-refractivity contribution in [1.29, 1.82) is 0 Å². The number of methoxy groups -OCH3 is 1. The van der Waals surface area contributed by atoms with Crippen molar-refractivity contribution < 1.29 is 14.3 Å². The lowest BCUT2D eigenvalue weighted by atomic mass is 10.2. The number of thiazole rings is 1. The first-order valence-electron chi connectivity index (χ1n) is 6.81. The first-order valence-corrected chi connectivity index (χ1v) is 7.69. The van der Waals surface area contributed by atoms with Crippen molar-refractivity contribution in [2.45, 2.75) is 26.7 Å². The highest BCUT2D eigenvalue weighted by molar-refractivity contribution is 7.15. The van der Waals surface area contributed by atoms with Gasteiger partial charge in [0.1, 0.15) is 6.54 Å². The standard InChI is InChI=1S/C14H19N3O3S/c1-4-5-16(8-13(19)20-3)12(18)6-11-9-21-14-15-10(2)7-17(11)14/h7,9H,4-6,8H2,1-3H3. The van der Waals surface area contributed by atoms with Crippen LogP contribution in [0.1, 0.15) is 24.7 Å². The number of hydrogen-bond donors (Lipinski definition) is 0. The Morgan fingerprint density at radius 3 is 2.90 bits per heavy atom. The van der Waals surface area contributed by atoms with E-state index in [-0.39, 0.29) is 18.9 Å². The van der Waals surface area contributed by atoms with Crippen LogP contribution in [0.2, 0.25) is 0 Å². The Hall–Kier alpha value is -1.89. The lowest BCUT2D eigenvalue weighted by Gasteiger charge is -2.20. The Morgan fingerprint density at radius 1 is 1.48 bits per heavy atom. The molecule has 2 aromatic rings. The molecule has 2 rings (SSSR count). The van der Waals surface area contributed by atoms with Crippen molar-refractivity contribution in [2.24, 2.45) is 0 Å². The first kappa shape index (κ1) is 15.5. The third kappa shape index (κ3) is 3.60. The zero-order valence-corrected chi connectivity index (χ0v) is 13.3. The average molecular weight is 309 g/mol. The van der Waals surface area contributed by atoms with Crippen molar-refractivity contribution in [1.82, 2.24) is 14.3 Å². The number of aryl methyl sites for hydroxylation is 1. The van der Waals surface area contributed by atoms with Gasteiger partial charge in [-0.3, -0.25) is 14.0 Å². The van der Waals surface area contributed by atoms with Crippen LogP contribution >= 0.6 is 11.3 Å². The number of nitrogens with zero attached hydrogens (tertiary/aromatic N) is 3. The van der Waals surface area contributed by atoms with E-state index in [1.54, 1.807) is 4.90 Å². The highest BCUT2D eigenvalue weighted by Crippen LogP contribution is 2.17. The van der Waals surface area contributed by atoms with E-state index in [1.165, 1.54) is 18.4 Å². The van der Waals surface area contributed by atoms with Gasteiger partial charge in [-0.05, 0) is 13.3 Å². The maximum Gasteiger partial charge on any atom is 0.325 e. The molecule has 6 nitrogen and oxygen atoms in total. The smallest absolute Gasteiger partial charge is 0.325 e. The van der Waals surface area contributed by atoms with E-state index in [0.717, 1.165) is 22.8 Å². The Balaban J connectivity index is 2.11. The molecule has 0 atom stereocenters. The number of amides is 1. The van der Waals surface area contributed by atoms with Crippen molar-refractivity contribution in [3.63, 3.8) is 0 Å². The minimum absolute atomic E-state index is 0.000586. The molecular formula is C14H19N3O3S. The number of fused-ring (bicyclic) bond motifs is 1. The van der Waals surface area contributed by atoms with Crippen LogP contribution in [0.25, 0.3) is 4.96 Å². The lowest BCUT2D eigenvalue weighted by molar-refractivity contribution is -0.146. The van der Waals surface area contributed by atoms with E-state index < -0.39 is 5.97 Å². The fourth-order valence-electron chi connectivity index (χ4n) is 2.12. The van der Waals surface area contributed by atoms with Crippen LogP contribution in [0.3, 0.4) is 0 Å². The molecule has 1 amide bonds. The lowest BCUT2D eigenvalue weighted by Crippen LogP contribution is -2.37. The Kier molecular flexibility index (Phi) is 4.95. The van der Waals surface area contributed by atoms with Crippen LogP contribution in [0, 0.1) is 6.92 Å². The number of rotatable bonds is 6. The second kappa shape index (κ2) is 6.71. The number of carbonyl (C=O) groups is 2. The van der Waals surface area contributed by atoms with E-state index in [2.05, 4.69) is 9.72 Å². The van der Waals surface area contributed by atoms with Crippen LogP contribution in [0.5, 0.6) is 0 Å². The fourth-order valence-corrected chi connectivity index (χ4v) is 3.04. The third-order valence-electron chi connectivity index (χ3n) is 3.13. The second-order valence-electron chi connectivity index (χ2n) is 4.83. The normalized spacial score (nSPS) is 10.8. The predicted octanol–water partition coefficient (Wildman–Crippen LogP) is 1.66. The fraction of sp³-hybridized carbons (Fsp3) is 0.500. The van der Waals surface area contributed by atoms with Crippen molar-refractivity contribution in [3.05, 3.63) is 23.0 Å².